The summed E-state index contributed by atoms with van der Waals surface area (Å²) in [5.74, 6) is 0.894. The lowest BCUT2D eigenvalue weighted by molar-refractivity contribution is 0.404. The molecule has 2 heterocycles. The Hall–Kier alpha value is -2.81. The Kier molecular flexibility index (Phi) is 7.18. The lowest BCUT2D eigenvalue weighted by Gasteiger charge is -2.32. The van der Waals surface area contributed by atoms with Crippen LogP contribution in [-0.4, -0.2) is 30.3 Å². The highest BCUT2D eigenvalue weighted by Crippen LogP contribution is 2.34. The van der Waals surface area contributed by atoms with Crippen LogP contribution in [0, 0.1) is 5.41 Å². The van der Waals surface area contributed by atoms with E-state index in [4.69, 9.17) is 22.0 Å². The lowest BCUT2D eigenvalue weighted by Crippen LogP contribution is -2.54. The SMILES string of the molecule is N=C/C(=C\Nc1nc(C(NC2CNC2)=C2CCC2)cs1)NC(Nc1ccccc1Cl)=C1CCC1. The summed E-state index contributed by atoms with van der Waals surface area (Å²) >= 11 is 7.93. The average molecular weight is 496 g/mol. The summed E-state index contributed by atoms with van der Waals surface area (Å²) in [4.78, 5) is 4.83. The number of nitrogens with zero attached hydrogens (tertiary/aromatic N) is 1. The van der Waals surface area contributed by atoms with Gasteiger partial charge in [0.25, 0.3) is 0 Å². The van der Waals surface area contributed by atoms with Gasteiger partial charge in [-0.05, 0) is 61.8 Å². The average Bonchev–Trinajstić information content (AvgIpc) is 3.20. The molecule has 3 fully saturated rings. The second-order valence-corrected chi connectivity index (χ2v) is 10.1. The van der Waals surface area contributed by atoms with E-state index in [-0.39, 0.29) is 0 Å². The number of para-hydroxylation sites is 1. The summed E-state index contributed by atoms with van der Waals surface area (Å²) in [6, 6.07) is 8.17. The fourth-order valence-electron chi connectivity index (χ4n) is 3.92. The molecule has 9 heteroatoms. The molecule has 0 spiro atoms. The predicted molar refractivity (Wildman–Crippen MR) is 142 cm³/mol. The molecule has 0 bridgehead atoms. The molecule has 178 valence electrons. The largest absolute Gasteiger partial charge is 0.378 e. The lowest BCUT2D eigenvalue weighted by atomic mass is 9.89. The Labute approximate surface area is 209 Å². The Bertz CT molecular complexity index is 1130. The summed E-state index contributed by atoms with van der Waals surface area (Å²) in [5, 5.41) is 28.6. The second-order valence-electron chi connectivity index (χ2n) is 8.82. The normalized spacial score (nSPS) is 17.7. The summed E-state index contributed by atoms with van der Waals surface area (Å²) < 4.78 is 0. The molecule has 6 N–H and O–H groups in total. The van der Waals surface area contributed by atoms with E-state index >= 15 is 0 Å². The van der Waals surface area contributed by atoms with Gasteiger partial charge in [0.1, 0.15) is 5.82 Å². The van der Waals surface area contributed by atoms with Gasteiger partial charge in [0.05, 0.1) is 33.8 Å². The fourth-order valence-corrected chi connectivity index (χ4v) is 4.77. The number of benzene rings is 1. The van der Waals surface area contributed by atoms with Crippen LogP contribution in [0.4, 0.5) is 10.8 Å². The topological polar surface area (TPSA) is 96.9 Å². The number of anilines is 2. The van der Waals surface area contributed by atoms with E-state index in [0.29, 0.717) is 16.8 Å². The molecule has 0 atom stereocenters. The van der Waals surface area contributed by atoms with Gasteiger partial charge in [-0.2, -0.15) is 0 Å². The molecule has 2 aromatic rings. The molecular formula is C25H30ClN7S. The van der Waals surface area contributed by atoms with Crippen molar-refractivity contribution in [2.24, 2.45) is 0 Å². The molecule has 2 saturated carbocycles. The van der Waals surface area contributed by atoms with Gasteiger partial charge in [-0.15, -0.1) is 11.3 Å². The van der Waals surface area contributed by atoms with Crippen LogP contribution < -0.4 is 26.6 Å². The highest BCUT2D eigenvalue weighted by atomic mass is 35.5. The number of hydrogen-bond acceptors (Lipinski definition) is 8. The molecule has 2 aliphatic carbocycles. The minimum absolute atomic E-state index is 0.485. The minimum Gasteiger partial charge on any atom is -0.378 e. The van der Waals surface area contributed by atoms with Crippen molar-refractivity contribution in [3.63, 3.8) is 0 Å². The van der Waals surface area contributed by atoms with Crippen LogP contribution in [-0.2, 0) is 0 Å². The number of hydrogen-bond donors (Lipinski definition) is 6. The maximum absolute atomic E-state index is 7.91. The maximum Gasteiger partial charge on any atom is 0.187 e. The molecule has 34 heavy (non-hydrogen) atoms. The number of aromatic nitrogens is 1. The molecule has 3 aliphatic rings. The van der Waals surface area contributed by atoms with Crippen LogP contribution in [0.1, 0.15) is 44.2 Å². The smallest absolute Gasteiger partial charge is 0.187 e. The standard InChI is InChI=1S/C25H30ClN7S/c26-20-9-1-2-10-21(20)32-24(17-7-4-8-17)31-18(11-27)14-29-25-33-22(15-34-25)23(16-5-3-6-16)30-19-12-28-13-19/h1-2,9-11,14-15,19,27-28,30-32H,3-8,12-13H2,(H,29,33)/b18-14+,27-11?. The highest BCUT2D eigenvalue weighted by Gasteiger charge is 2.23. The zero-order valence-electron chi connectivity index (χ0n) is 19.0. The number of thiazole rings is 1. The third kappa shape index (κ3) is 5.29. The van der Waals surface area contributed by atoms with E-state index in [2.05, 4.69) is 32.0 Å². The predicted octanol–water partition coefficient (Wildman–Crippen LogP) is 5.25. The van der Waals surface area contributed by atoms with Crippen molar-refractivity contribution in [2.75, 3.05) is 23.7 Å². The van der Waals surface area contributed by atoms with Crippen LogP contribution in [0.25, 0.3) is 5.70 Å². The number of halogens is 1. The quantitative estimate of drug-likeness (QED) is 0.252. The minimum atomic E-state index is 0.485. The molecule has 7 nitrogen and oxygen atoms in total. The van der Waals surface area contributed by atoms with Crippen LogP contribution in [0.15, 0.2) is 58.5 Å². The van der Waals surface area contributed by atoms with Crippen molar-refractivity contribution >= 4 is 45.7 Å². The summed E-state index contributed by atoms with van der Waals surface area (Å²) in [6.45, 7) is 2.01. The van der Waals surface area contributed by atoms with Gasteiger partial charge in [-0.25, -0.2) is 4.98 Å². The van der Waals surface area contributed by atoms with Crippen molar-refractivity contribution in [3.05, 3.63) is 69.2 Å². The Morgan fingerprint density at radius 3 is 2.50 bits per heavy atom. The Morgan fingerprint density at radius 2 is 1.88 bits per heavy atom. The van der Waals surface area contributed by atoms with Crippen LogP contribution >= 0.6 is 22.9 Å². The van der Waals surface area contributed by atoms with Crippen molar-refractivity contribution in [1.29, 1.82) is 5.41 Å². The first-order valence-electron chi connectivity index (χ1n) is 11.8. The van der Waals surface area contributed by atoms with Gasteiger partial charge in [0.15, 0.2) is 5.13 Å². The zero-order valence-corrected chi connectivity index (χ0v) is 20.6. The Morgan fingerprint density at radius 1 is 1.12 bits per heavy atom. The van der Waals surface area contributed by atoms with Gasteiger partial charge in [0.2, 0.25) is 0 Å². The molecule has 5 rings (SSSR count). The molecule has 1 aromatic heterocycles. The van der Waals surface area contributed by atoms with Gasteiger partial charge in [-0.1, -0.05) is 23.7 Å². The third-order valence-corrected chi connectivity index (χ3v) is 7.52. The molecule has 1 aromatic carbocycles. The third-order valence-electron chi connectivity index (χ3n) is 6.42. The zero-order chi connectivity index (χ0) is 23.3. The van der Waals surface area contributed by atoms with E-state index in [1.54, 1.807) is 17.5 Å². The van der Waals surface area contributed by atoms with Gasteiger partial charge < -0.3 is 32.0 Å². The molecule has 0 radical (unpaired) electrons. The summed E-state index contributed by atoms with van der Waals surface area (Å²) in [5.41, 5.74) is 6.48. The second kappa shape index (κ2) is 10.6. The van der Waals surface area contributed by atoms with Crippen LogP contribution in [0.5, 0.6) is 0 Å². The van der Waals surface area contributed by atoms with Gasteiger partial charge >= 0.3 is 0 Å². The number of nitrogens with one attached hydrogen (secondary N) is 6. The first-order chi connectivity index (χ1) is 16.7. The van der Waals surface area contributed by atoms with Crippen LogP contribution in [0.3, 0.4) is 0 Å². The van der Waals surface area contributed by atoms with Crippen LogP contribution in [0.2, 0.25) is 5.02 Å². The molecule has 0 unspecified atom stereocenters. The summed E-state index contributed by atoms with van der Waals surface area (Å²) in [7, 11) is 0. The molecule has 0 amide bonds. The monoisotopic (exact) mass is 495 g/mol. The van der Waals surface area contributed by atoms with E-state index in [0.717, 1.165) is 61.1 Å². The van der Waals surface area contributed by atoms with Gasteiger partial charge in [-0.3, -0.25) is 0 Å². The van der Waals surface area contributed by atoms with E-state index in [9.17, 15) is 0 Å². The van der Waals surface area contributed by atoms with Crippen molar-refractivity contribution < 1.29 is 0 Å². The first-order valence-corrected chi connectivity index (χ1v) is 13.1. The van der Waals surface area contributed by atoms with E-state index in [1.807, 2.05) is 24.3 Å². The highest BCUT2D eigenvalue weighted by molar-refractivity contribution is 7.13. The van der Waals surface area contributed by atoms with E-state index in [1.165, 1.54) is 35.9 Å². The Balaban J connectivity index is 1.28. The number of allylic oxidation sites excluding steroid dienone is 3. The van der Waals surface area contributed by atoms with Crippen molar-refractivity contribution in [3.8, 4) is 0 Å². The summed E-state index contributed by atoms with van der Waals surface area (Å²) in [6.07, 6.45) is 9.92. The van der Waals surface area contributed by atoms with Crippen molar-refractivity contribution in [1.82, 2.24) is 20.9 Å². The van der Waals surface area contributed by atoms with Gasteiger partial charge in [0, 0.05) is 30.9 Å². The molecular weight excluding hydrogens is 466 g/mol. The first kappa shape index (κ1) is 23.0. The fraction of sp³-hybridized carbons (Fsp3) is 0.360. The van der Waals surface area contributed by atoms with Crippen molar-refractivity contribution in [2.45, 2.75) is 44.6 Å². The van der Waals surface area contributed by atoms with E-state index < -0.39 is 0 Å². The molecule has 1 aliphatic heterocycles. The molecule has 1 saturated heterocycles. The number of rotatable bonds is 10. The maximum atomic E-state index is 7.91.